The minimum atomic E-state index is -0.583. The molecule has 0 aliphatic carbocycles. The van der Waals surface area contributed by atoms with E-state index in [0.29, 0.717) is 0 Å². The fraction of sp³-hybridized carbons (Fsp3) is 0.417. The summed E-state index contributed by atoms with van der Waals surface area (Å²) in [6, 6.07) is 5.85. The van der Waals surface area contributed by atoms with Crippen LogP contribution in [0.1, 0.15) is 22.1 Å². The molecule has 0 aromatic heterocycles. The molecule has 0 aliphatic rings. The topological polar surface area (TPSA) is 20.3 Å². The Kier molecular flexibility index (Phi) is 3.75. The summed E-state index contributed by atoms with van der Waals surface area (Å²) in [4.78, 5) is 13.2. The highest BCUT2D eigenvalue weighted by atomic mass is 35.5. The van der Waals surface area contributed by atoms with E-state index < -0.39 is 5.38 Å². The first kappa shape index (κ1) is 12.1. The van der Waals surface area contributed by atoms with Crippen molar-refractivity contribution in [1.82, 2.24) is 4.90 Å². The predicted octanol–water partition coefficient (Wildman–Crippen LogP) is 2.67. The molecule has 15 heavy (non-hydrogen) atoms. The Hall–Kier alpha value is -1.02. The molecule has 0 spiro atoms. The van der Waals surface area contributed by atoms with E-state index in [1.54, 1.807) is 14.1 Å². The predicted molar refractivity (Wildman–Crippen MR) is 63.2 cm³/mol. The summed E-state index contributed by atoms with van der Waals surface area (Å²) < 4.78 is 0. The molecule has 82 valence electrons. The lowest BCUT2D eigenvalue weighted by atomic mass is 10.0. The van der Waals surface area contributed by atoms with Crippen molar-refractivity contribution in [3.8, 4) is 0 Å². The molecule has 0 saturated carbocycles. The van der Waals surface area contributed by atoms with Crippen LogP contribution in [-0.4, -0.2) is 24.9 Å². The van der Waals surface area contributed by atoms with Crippen LogP contribution in [0.2, 0.25) is 0 Å². The van der Waals surface area contributed by atoms with Gasteiger partial charge in [0.05, 0.1) is 0 Å². The van der Waals surface area contributed by atoms with Gasteiger partial charge in [-0.3, -0.25) is 4.79 Å². The molecule has 1 unspecified atom stereocenters. The first-order valence-electron chi connectivity index (χ1n) is 4.86. The fourth-order valence-electron chi connectivity index (χ4n) is 1.41. The molecule has 0 N–H and O–H groups in total. The number of alkyl halides is 1. The highest BCUT2D eigenvalue weighted by Crippen LogP contribution is 2.26. The summed E-state index contributed by atoms with van der Waals surface area (Å²) in [5, 5.41) is -0.583. The molecule has 0 fully saturated rings. The molecule has 1 atom stereocenters. The quantitative estimate of drug-likeness (QED) is 0.709. The maximum absolute atomic E-state index is 11.7. The van der Waals surface area contributed by atoms with Crippen LogP contribution in [0.4, 0.5) is 0 Å². The Balaban J connectivity index is 3.06. The Morgan fingerprint density at radius 2 is 1.93 bits per heavy atom. The molecule has 0 saturated heterocycles. The number of benzene rings is 1. The smallest absolute Gasteiger partial charge is 0.244 e. The van der Waals surface area contributed by atoms with E-state index >= 15 is 0 Å². The highest BCUT2D eigenvalue weighted by Gasteiger charge is 2.21. The van der Waals surface area contributed by atoms with Gasteiger partial charge in [-0.25, -0.2) is 0 Å². The zero-order valence-corrected chi connectivity index (χ0v) is 10.3. The SMILES string of the molecule is Cc1cccc(C(Cl)C(=O)N(C)C)c1C. The Labute approximate surface area is 95.8 Å². The van der Waals surface area contributed by atoms with Crippen molar-refractivity contribution in [2.45, 2.75) is 19.2 Å². The van der Waals surface area contributed by atoms with Crippen LogP contribution >= 0.6 is 11.6 Å². The van der Waals surface area contributed by atoms with E-state index in [1.807, 2.05) is 32.0 Å². The molecule has 0 heterocycles. The second-order valence-electron chi connectivity index (χ2n) is 3.88. The third-order valence-corrected chi connectivity index (χ3v) is 3.00. The standard InChI is InChI=1S/C12H16ClNO/c1-8-6-5-7-10(9(8)2)11(13)12(15)14(3)4/h5-7,11H,1-4H3. The summed E-state index contributed by atoms with van der Waals surface area (Å²) in [5.74, 6) is -0.0784. The van der Waals surface area contributed by atoms with Crippen molar-refractivity contribution in [3.05, 3.63) is 34.9 Å². The lowest BCUT2D eigenvalue weighted by molar-refractivity contribution is -0.128. The molecule has 1 aromatic carbocycles. The van der Waals surface area contributed by atoms with Crippen molar-refractivity contribution in [2.75, 3.05) is 14.1 Å². The van der Waals surface area contributed by atoms with Crippen molar-refractivity contribution in [1.29, 1.82) is 0 Å². The summed E-state index contributed by atoms with van der Waals surface area (Å²) in [6.07, 6.45) is 0. The second-order valence-corrected chi connectivity index (χ2v) is 4.32. The summed E-state index contributed by atoms with van der Waals surface area (Å²) in [7, 11) is 3.42. The minimum Gasteiger partial charge on any atom is -0.347 e. The van der Waals surface area contributed by atoms with E-state index in [4.69, 9.17) is 11.6 Å². The van der Waals surface area contributed by atoms with Gasteiger partial charge in [0.25, 0.3) is 0 Å². The molecular formula is C12H16ClNO. The largest absolute Gasteiger partial charge is 0.347 e. The first-order chi connectivity index (χ1) is 6.95. The number of nitrogens with zero attached hydrogens (tertiary/aromatic N) is 1. The average Bonchev–Trinajstić information content (AvgIpc) is 2.20. The van der Waals surface area contributed by atoms with E-state index in [9.17, 15) is 4.79 Å². The minimum absolute atomic E-state index is 0.0784. The Bertz CT molecular complexity index is 374. The number of hydrogen-bond acceptors (Lipinski definition) is 1. The fourth-order valence-corrected chi connectivity index (χ4v) is 1.84. The van der Waals surface area contributed by atoms with Gasteiger partial charge in [-0.05, 0) is 30.5 Å². The normalized spacial score (nSPS) is 12.3. The molecule has 0 radical (unpaired) electrons. The van der Waals surface area contributed by atoms with Crippen molar-refractivity contribution >= 4 is 17.5 Å². The lowest BCUT2D eigenvalue weighted by Gasteiger charge is -2.17. The second kappa shape index (κ2) is 4.67. The summed E-state index contributed by atoms with van der Waals surface area (Å²) in [6.45, 7) is 4.01. The molecular weight excluding hydrogens is 210 g/mol. The number of likely N-dealkylation sites (N-methyl/N-ethyl adjacent to an activating group) is 1. The maximum atomic E-state index is 11.7. The number of rotatable bonds is 2. The van der Waals surface area contributed by atoms with Crippen molar-refractivity contribution < 1.29 is 4.79 Å². The van der Waals surface area contributed by atoms with E-state index in [2.05, 4.69) is 0 Å². The highest BCUT2D eigenvalue weighted by molar-refractivity contribution is 6.30. The van der Waals surface area contributed by atoms with Gasteiger partial charge in [0.2, 0.25) is 5.91 Å². The molecule has 1 aromatic rings. The number of halogens is 1. The maximum Gasteiger partial charge on any atom is 0.244 e. The zero-order valence-electron chi connectivity index (χ0n) is 9.54. The first-order valence-corrected chi connectivity index (χ1v) is 5.30. The Morgan fingerprint density at radius 3 is 2.47 bits per heavy atom. The van der Waals surface area contributed by atoms with Crippen molar-refractivity contribution in [2.24, 2.45) is 0 Å². The van der Waals surface area contributed by atoms with E-state index in [0.717, 1.165) is 16.7 Å². The number of carbonyl (C=O) groups is 1. The van der Waals surface area contributed by atoms with Gasteiger partial charge >= 0.3 is 0 Å². The van der Waals surface area contributed by atoms with Crippen LogP contribution in [0.15, 0.2) is 18.2 Å². The monoisotopic (exact) mass is 225 g/mol. The number of amides is 1. The molecule has 3 heteroatoms. The zero-order chi connectivity index (χ0) is 11.6. The number of aryl methyl sites for hydroxylation is 1. The number of carbonyl (C=O) groups excluding carboxylic acids is 1. The molecule has 1 amide bonds. The van der Waals surface area contributed by atoms with Crippen LogP contribution < -0.4 is 0 Å². The van der Waals surface area contributed by atoms with Gasteiger partial charge in [0.1, 0.15) is 5.38 Å². The van der Waals surface area contributed by atoms with Gasteiger partial charge in [0.15, 0.2) is 0 Å². The van der Waals surface area contributed by atoms with Gasteiger partial charge in [-0.1, -0.05) is 18.2 Å². The average molecular weight is 226 g/mol. The number of hydrogen-bond donors (Lipinski definition) is 0. The van der Waals surface area contributed by atoms with Crippen LogP contribution in [-0.2, 0) is 4.79 Å². The Morgan fingerprint density at radius 1 is 1.33 bits per heavy atom. The van der Waals surface area contributed by atoms with Crippen LogP contribution in [0, 0.1) is 13.8 Å². The van der Waals surface area contributed by atoms with E-state index in [-0.39, 0.29) is 5.91 Å². The lowest BCUT2D eigenvalue weighted by Crippen LogP contribution is -2.26. The van der Waals surface area contributed by atoms with Gasteiger partial charge in [-0.15, -0.1) is 11.6 Å². The van der Waals surface area contributed by atoms with Crippen LogP contribution in [0.5, 0.6) is 0 Å². The van der Waals surface area contributed by atoms with Crippen LogP contribution in [0.3, 0.4) is 0 Å². The molecule has 0 aliphatic heterocycles. The third-order valence-electron chi connectivity index (χ3n) is 2.58. The summed E-state index contributed by atoms with van der Waals surface area (Å²) >= 11 is 6.14. The molecule has 1 rings (SSSR count). The summed E-state index contributed by atoms with van der Waals surface area (Å²) in [5.41, 5.74) is 3.15. The van der Waals surface area contributed by atoms with Gasteiger partial charge < -0.3 is 4.90 Å². The van der Waals surface area contributed by atoms with Crippen molar-refractivity contribution in [3.63, 3.8) is 0 Å². The molecule has 2 nitrogen and oxygen atoms in total. The third kappa shape index (κ3) is 2.51. The van der Waals surface area contributed by atoms with Crippen LogP contribution in [0.25, 0.3) is 0 Å². The van der Waals surface area contributed by atoms with Gasteiger partial charge in [-0.2, -0.15) is 0 Å². The van der Waals surface area contributed by atoms with E-state index in [1.165, 1.54) is 4.90 Å². The van der Waals surface area contributed by atoms with Gasteiger partial charge in [0, 0.05) is 14.1 Å². The molecule has 0 bridgehead atoms.